The maximum absolute atomic E-state index is 10.2. The summed E-state index contributed by atoms with van der Waals surface area (Å²) in [4.78, 5) is 22.0. The van der Waals surface area contributed by atoms with E-state index < -0.39 is 0 Å². The lowest BCUT2D eigenvalue weighted by Gasteiger charge is -2.19. The average Bonchev–Trinajstić information content (AvgIpc) is 3.99. The van der Waals surface area contributed by atoms with Crippen LogP contribution in [0.25, 0.3) is 22.3 Å². The number of aromatic amines is 4. The first-order valence-electron chi connectivity index (χ1n) is 17.7. The molecule has 0 aliphatic carbocycles. The van der Waals surface area contributed by atoms with Crippen molar-refractivity contribution in [1.29, 1.82) is 0 Å². The van der Waals surface area contributed by atoms with Crippen molar-refractivity contribution in [2.75, 3.05) is 40.8 Å². The first-order valence-corrected chi connectivity index (χ1v) is 17.7. The molecule has 5 N–H and O–H groups in total. The molecule has 8 heterocycles. The topological polar surface area (TPSA) is 93.1 Å². The van der Waals surface area contributed by atoms with Crippen molar-refractivity contribution in [2.24, 2.45) is 0 Å². The number of aromatic nitrogens is 4. The third-order valence-corrected chi connectivity index (χ3v) is 10.2. The van der Waals surface area contributed by atoms with E-state index in [0.29, 0.717) is 0 Å². The van der Waals surface area contributed by atoms with Crippen LogP contribution in [0.15, 0.2) is 145 Å². The molecule has 0 fully saturated rings. The van der Waals surface area contributed by atoms with Crippen molar-refractivity contribution >= 4 is 22.3 Å². The van der Waals surface area contributed by atoms with E-state index in [1.807, 2.05) is 12.1 Å². The molecule has 1 aromatic carbocycles. The minimum atomic E-state index is 0.234. The molecular formula is C44H41N7O. The number of allylic oxidation sites excluding steroid dienone is 6. The van der Waals surface area contributed by atoms with Gasteiger partial charge >= 0.3 is 0 Å². The molecule has 8 bridgehead atoms. The Morgan fingerprint density at radius 1 is 0.423 bits per heavy atom. The fourth-order valence-electron chi connectivity index (χ4n) is 7.49. The highest BCUT2D eigenvalue weighted by atomic mass is 16.3. The average molecular weight is 684 g/mol. The maximum Gasteiger partial charge on any atom is 0.115 e. The van der Waals surface area contributed by atoms with Gasteiger partial charge in [0.1, 0.15) is 5.75 Å². The molecule has 0 amide bonds. The van der Waals surface area contributed by atoms with Crippen molar-refractivity contribution in [2.45, 2.75) is 0 Å². The van der Waals surface area contributed by atoms with E-state index in [1.54, 1.807) is 12.1 Å². The molecule has 4 aliphatic heterocycles. The van der Waals surface area contributed by atoms with Gasteiger partial charge in [0.25, 0.3) is 0 Å². The lowest BCUT2D eigenvalue weighted by molar-refractivity contribution is 0.475. The van der Waals surface area contributed by atoms with Crippen molar-refractivity contribution < 1.29 is 5.11 Å². The second-order valence-corrected chi connectivity index (χ2v) is 13.9. The van der Waals surface area contributed by atoms with Crippen LogP contribution in [-0.2, 0) is 0 Å². The van der Waals surface area contributed by atoms with E-state index in [4.69, 9.17) is 0 Å². The van der Waals surface area contributed by atoms with E-state index in [1.165, 1.54) is 5.57 Å². The van der Waals surface area contributed by atoms with Crippen LogP contribution in [-0.4, -0.2) is 80.5 Å². The molecule has 5 aromatic rings. The van der Waals surface area contributed by atoms with E-state index >= 15 is 0 Å². The first kappa shape index (κ1) is 31.4. The molecule has 0 radical (unpaired) electrons. The van der Waals surface area contributed by atoms with Crippen LogP contribution in [0.3, 0.4) is 0 Å². The van der Waals surface area contributed by atoms with Gasteiger partial charge in [-0.3, -0.25) is 0 Å². The summed E-state index contributed by atoms with van der Waals surface area (Å²) in [5.74, 6) is 0.234. The number of hydrogen-bond acceptors (Lipinski definition) is 4. The number of H-pyrrole nitrogens is 4. The number of hydrogen-bond donors (Lipinski definition) is 5. The van der Waals surface area contributed by atoms with Gasteiger partial charge in [-0.15, -0.1) is 0 Å². The summed E-state index contributed by atoms with van der Waals surface area (Å²) in [6.45, 7) is 2.47. The molecule has 4 aliphatic rings. The van der Waals surface area contributed by atoms with Crippen molar-refractivity contribution in [3.63, 3.8) is 0 Å². The van der Waals surface area contributed by atoms with Crippen LogP contribution < -0.4 is 21.4 Å². The van der Waals surface area contributed by atoms with Crippen molar-refractivity contribution in [1.82, 2.24) is 34.6 Å². The first-order chi connectivity index (χ1) is 25.4. The Morgan fingerprint density at radius 2 is 0.769 bits per heavy atom. The summed E-state index contributed by atoms with van der Waals surface area (Å²) in [7, 11) is 6.28. The normalized spacial score (nSPS) is 17.2. The van der Waals surface area contributed by atoms with Gasteiger partial charge in [-0.1, -0.05) is 30.4 Å². The van der Waals surface area contributed by atoms with Crippen molar-refractivity contribution in [3.8, 4) is 5.75 Å². The second kappa shape index (κ2) is 12.7. The number of aromatic hydroxyl groups is 1. The molecule has 0 unspecified atom stereocenters. The second-order valence-electron chi connectivity index (χ2n) is 13.9. The van der Waals surface area contributed by atoms with E-state index in [2.05, 4.69) is 159 Å². The van der Waals surface area contributed by atoms with E-state index in [-0.39, 0.29) is 5.75 Å². The minimum Gasteiger partial charge on any atom is -0.508 e. The zero-order valence-electron chi connectivity index (χ0n) is 29.5. The number of nitrogens with zero attached hydrogens (tertiary/aromatic N) is 3. The van der Waals surface area contributed by atoms with Crippen LogP contribution in [0, 0.1) is 0 Å². The minimum absolute atomic E-state index is 0.234. The maximum atomic E-state index is 10.2. The standard InChI is InChI=1S/C44H41N7O/c1-49-22-16-29(17-23-49)42-35-10-8-33(45-35)41(28-4-6-32(52)7-5-28)34-9-11-36(46-34)43(30-18-24-50(2)25-19-30)38-13-15-40(48-38)44(39-14-12-37(42)47-39)31-20-26-51(3)27-21-31/h4-22,24,26,45-48,52H,23,25,27H2,1-3H3. The Hall–Kier alpha value is -6.54. The Balaban J connectivity index is 1.39. The SMILES string of the molecule is CN1C=CC(C2=c3ccc([nH]3)=C(C3=CCN(C)C=C3)c3ccc([nH]3)C(c3ccc(O)cc3)=c3ccc([nH]3)=C(C3=CCN(C)C=C3)c3ccc2[nH]3)=CC1. The van der Waals surface area contributed by atoms with Crippen molar-refractivity contribution in [3.05, 3.63) is 194 Å². The number of benzene rings is 1. The number of nitrogens with one attached hydrogen (secondary N) is 4. The smallest absolute Gasteiger partial charge is 0.115 e. The molecule has 0 saturated carbocycles. The molecule has 8 heteroatoms. The summed E-state index contributed by atoms with van der Waals surface area (Å²) >= 11 is 0. The van der Waals surface area contributed by atoms with Gasteiger partial charge in [-0.2, -0.15) is 0 Å². The van der Waals surface area contributed by atoms with Gasteiger partial charge in [0.2, 0.25) is 0 Å². The van der Waals surface area contributed by atoms with Gasteiger partial charge in [-0.05, 0) is 120 Å². The summed E-state index contributed by atoms with van der Waals surface area (Å²) in [6.07, 6.45) is 19.9. The zero-order chi connectivity index (χ0) is 35.3. The Morgan fingerprint density at radius 3 is 1.12 bits per heavy atom. The zero-order valence-corrected chi connectivity index (χ0v) is 29.5. The molecule has 0 saturated heterocycles. The summed E-state index contributed by atoms with van der Waals surface area (Å²) in [6, 6.07) is 24.9. The quantitative estimate of drug-likeness (QED) is 0.198. The highest BCUT2D eigenvalue weighted by Gasteiger charge is 2.20. The lowest BCUT2D eigenvalue weighted by Crippen LogP contribution is -2.21. The Labute approximate surface area is 302 Å². The molecule has 4 aromatic heterocycles. The van der Waals surface area contributed by atoms with Gasteiger partial charge in [0, 0.05) is 107 Å². The van der Waals surface area contributed by atoms with E-state index in [9.17, 15) is 5.11 Å². The summed E-state index contributed by atoms with van der Waals surface area (Å²) < 4.78 is 0. The van der Waals surface area contributed by atoms with Gasteiger partial charge < -0.3 is 39.7 Å². The molecule has 9 rings (SSSR count). The summed E-state index contributed by atoms with van der Waals surface area (Å²) in [5, 5.41) is 14.3. The molecule has 0 spiro atoms. The van der Waals surface area contributed by atoms with Crippen LogP contribution in [0.2, 0.25) is 0 Å². The number of likely N-dealkylation sites (N-methyl/N-ethyl adjacent to an activating group) is 3. The molecule has 52 heavy (non-hydrogen) atoms. The van der Waals surface area contributed by atoms with Gasteiger partial charge in [0.15, 0.2) is 0 Å². The molecular weight excluding hydrogens is 643 g/mol. The fourth-order valence-corrected chi connectivity index (χ4v) is 7.49. The highest BCUT2D eigenvalue weighted by molar-refractivity contribution is 5.86. The number of phenols is 1. The predicted octanol–water partition coefficient (Wildman–Crippen LogP) is 4.02. The van der Waals surface area contributed by atoms with Crippen LogP contribution in [0.5, 0.6) is 5.75 Å². The number of rotatable bonds is 4. The lowest BCUT2D eigenvalue weighted by atomic mass is 10.0. The Bertz CT molecular complexity index is 2660. The third kappa shape index (κ3) is 5.68. The van der Waals surface area contributed by atoms with Gasteiger partial charge in [0.05, 0.1) is 0 Å². The van der Waals surface area contributed by atoms with Crippen LogP contribution >= 0.6 is 0 Å². The monoisotopic (exact) mass is 683 g/mol. The molecule has 0 atom stereocenters. The van der Waals surface area contributed by atoms with Crippen LogP contribution in [0.1, 0.15) is 28.3 Å². The predicted molar refractivity (Wildman–Crippen MR) is 208 cm³/mol. The molecule has 8 nitrogen and oxygen atoms in total. The van der Waals surface area contributed by atoms with Gasteiger partial charge in [-0.25, -0.2) is 0 Å². The summed E-state index contributed by atoms with van der Waals surface area (Å²) in [5.41, 5.74) is 12.8. The Kier molecular flexibility index (Phi) is 7.65. The third-order valence-electron chi connectivity index (χ3n) is 10.2. The highest BCUT2D eigenvalue weighted by Crippen LogP contribution is 2.30. The fraction of sp³-hybridized carbons (Fsp3) is 0.136. The van der Waals surface area contributed by atoms with E-state index in [0.717, 1.165) is 103 Å². The number of phenolic OH excluding ortho intramolecular Hbond substituents is 1. The number of fused-ring (bicyclic) bond motifs is 8. The molecule has 258 valence electrons. The van der Waals surface area contributed by atoms with Crippen LogP contribution in [0.4, 0.5) is 0 Å². The largest absolute Gasteiger partial charge is 0.508 e.